The third kappa shape index (κ3) is 1.08. The van der Waals surface area contributed by atoms with Gasteiger partial charge in [-0.1, -0.05) is 12.2 Å². The number of alkyl halides is 1. The third-order valence-corrected chi connectivity index (χ3v) is 1.97. The molecule has 0 saturated carbocycles. The largest absolute Gasteiger partial charge is 0.371 e. The summed E-state index contributed by atoms with van der Waals surface area (Å²) in [6.07, 6.45) is 0. The van der Waals surface area contributed by atoms with Crippen molar-refractivity contribution in [3.63, 3.8) is 0 Å². The Kier molecular flexibility index (Phi) is 1.76. The molecule has 2 rings (SSSR count). The van der Waals surface area contributed by atoms with Crippen LogP contribution in [0.25, 0.3) is 0 Å². The lowest BCUT2D eigenvalue weighted by Gasteiger charge is -2.14. The maximum Gasteiger partial charge on any atom is 0.186 e. The molecule has 1 N–H and O–H groups in total. The van der Waals surface area contributed by atoms with E-state index in [-0.39, 0.29) is 5.82 Å². The minimum Gasteiger partial charge on any atom is -0.371 e. The molecule has 1 aromatic heterocycles. The lowest BCUT2D eigenvalue weighted by molar-refractivity contribution is 0.459. The standard InChI is InChI=1S/C6H7FN4S/c7-3-4-9-5-6(12)8-1-2-11(5)10-4/h1-3H2,(H,8,12). The molecule has 0 spiro atoms. The molecule has 0 atom stereocenters. The fourth-order valence-corrected chi connectivity index (χ4v) is 1.38. The summed E-state index contributed by atoms with van der Waals surface area (Å²) < 4.78 is 13.8. The summed E-state index contributed by atoms with van der Waals surface area (Å²) in [5, 5.41) is 6.88. The van der Waals surface area contributed by atoms with E-state index in [1.165, 1.54) is 0 Å². The number of halogens is 1. The number of fused-ring (bicyclic) bond motifs is 1. The summed E-state index contributed by atoms with van der Waals surface area (Å²) in [7, 11) is 0. The van der Waals surface area contributed by atoms with Gasteiger partial charge in [-0.3, -0.25) is 0 Å². The highest BCUT2D eigenvalue weighted by atomic mass is 32.1. The molecule has 1 aliphatic rings. The summed E-state index contributed by atoms with van der Waals surface area (Å²) in [5.74, 6) is 0.778. The number of hydrogen-bond acceptors (Lipinski definition) is 3. The van der Waals surface area contributed by atoms with Gasteiger partial charge in [0.2, 0.25) is 0 Å². The Bertz CT molecular complexity index is 321. The Labute approximate surface area is 73.8 Å². The minimum absolute atomic E-state index is 0.205. The molecule has 6 heteroatoms. The fourth-order valence-electron chi connectivity index (χ4n) is 1.12. The van der Waals surface area contributed by atoms with Gasteiger partial charge in [0.1, 0.15) is 4.99 Å². The SMILES string of the molecule is FCc1nc2n(n1)CCNC2=S. The van der Waals surface area contributed by atoms with Crippen LogP contribution < -0.4 is 5.32 Å². The predicted molar refractivity (Wildman–Crippen MR) is 44.5 cm³/mol. The van der Waals surface area contributed by atoms with E-state index in [0.717, 1.165) is 6.54 Å². The van der Waals surface area contributed by atoms with Gasteiger partial charge in [0, 0.05) is 6.54 Å². The van der Waals surface area contributed by atoms with Crippen LogP contribution in [0.1, 0.15) is 11.6 Å². The maximum atomic E-state index is 12.1. The zero-order valence-corrected chi connectivity index (χ0v) is 7.07. The Hall–Kier alpha value is -1.04. The first-order chi connectivity index (χ1) is 5.81. The first-order valence-corrected chi connectivity index (χ1v) is 4.00. The van der Waals surface area contributed by atoms with Crippen molar-refractivity contribution < 1.29 is 4.39 Å². The van der Waals surface area contributed by atoms with Crippen molar-refractivity contribution in [3.8, 4) is 0 Å². The molecule has 0 amide bonds. The van der Waals surface area contributed by atoms with Gasteiger partial charge in [-0.05, 0) is 0 Å². The second-order valence-corrected chi connectivity index (χ2v) is 2.87. The van der Waals surface area contributed by atoms with Gasteiger partial charge >= 0.3 is 0 Å². The number of thiocarbonyl (C=S) groups is 1. The van der Waals surface area contributed by atoms with Crippen LogP contribution >= 0.6 is 12.2 Å². The molecule has 4 nitrogen and oxygen atoms in total. The van der Waals surface area contributed by atoms with Crippen LogP contribution in [0.3, 0.4) is 0 Å². The summed E-state index contributed by atoms with van der Waals surface area (Å²) in [6, 6.07) is 0. The van der Waals surface area contributed by atoms with Gasteiger partial charge in [-0.25, -0.2) is 14.1 Å². The molecule has 0 saturated heterocycles. The molecule has 64 valence electrons. The molecule has 0 bridgehead atoms. The second-order valence-electron chi connectivity index (χ2n) is 2.46. The molecule has 2 heterocycles. The number of aromatic nitrogens is 3. The Morgan fingerprint density at radius 1 is 1.67 bits per heavy atom. The number of rotatable bonds is 1. The highest BCUT2D eigenvalue weighted by molar-refractivity contribution is 7.80. The molecule has 0 aromatic carbocycles. The molecule has 1 aromatic rings. The van der Waals surface area contributed by atoms with Gasteiger partial charge in [0.25, 0.3) is 0 Å². The second kappa shape index (κ2) is 2.78. The van der Waals surface area contributed by atoms with Crippen molar-refractivity contribution in [1.29, 1.82) is 0 Å². The van der Waals surface area contributed by atoms with E-state index in [4.69, 9.17) is 12.2 Å². The smallest absolute Gasteiger partial charge is 0.186 e. The van der Waals surface area contributed by atoms with E-state index >= 15 is 0 Å². The molecule has 0 radical (unpaired) electrons. The van der Waals surface area contributed by atoms with E-state index in [1.54, 1.807) is 4.68 Å². The van der Waals surface area contributed by atoms with Crippen LogP contribution in [0.2, 0.25) is 0 Å². The van der Waals surface area contributed by atoms with Crippen LogP contribution in [0.5, 0.6) is 0 Å². The lowest BCUT2D eigenvalue weighted by Crippen LogP contribution is -2.35. The van der Waals surface area contributed by atoms with Crippen LogP contribution in [-0.2, 0) is 13.2 Å². The van der Waals surface area contributed by atoms with Crippen molar-refractivity contribution in [2.45, 2.75) is 13.2 Å². The Morgan fingerprint density at radius 2 is 2.50 bits per heavy atom. The average molecular weight is 186 g/mol. The van der Waals surface area contributed by atoms with Crippen molar-refractivity contribution in [3.05, 3.63) is 11.6 Å². The van der Waals surface area contributed by atoms with E-state index in [9.17, 15) is 4.39 Å². The van der Waals surface area contributed by atoms with E-state index < -0.39 is 6.67 Å². The van der Waals surface area contributed by atoms with Gasteiger partial charge in [0.15, 0.2) is 18.3 Å². The van der Waals surface area contributed by atoms with Gasteiger partial charge in [-0.2, -0.15) is 5.10 Å². The molecule has 1 aliphatic heterocycles. The normalized spacial score (nSPS) is 15.6. The Morgan fingerprint density at radius 3 is 3.17 bits per heavy atom. The molecule has 0 unspecified atom stereocenters. The molecule has 12 heavy (non-hydrogen) atoms. The molecular formula is C6H7FN4S. The summed E-state index contributed by atoms with van der Waals surface area (Å²) in [5.41, 5.74) is 0. The highest BCUT2D eigenvalue weighted by Crippen LogP contribution is 2.04. The average Bonchev–Trinajstić information content (AvgIpc) is 2.49. The predicted octanol–water partition coefficient (Wildman–Crippen LogP) is 0.0263. The van der Waals surface area contributed by atoms with Crippen molar-refractivity contribution in [2.75, 3.05) is 6.54 Å². The summed E-state index contributed by atoms with van der Waals surface area (Å²) in [6.45, 7) is 0.798. The number of nitrogens with one attached hydrogen (secondary N) is 1. The third-order valence-electron chi connectivity index (χ3n) is 1.65. The van der Waals surface area contributed by atoms with E-state index in [2.05, 4.69) is 15.4 Å². The lowest BCUT2D eigenvalue weighted by atomic mass is 10.4. The number of nitrogens with zero attached hydrogens (tertiary/aromatic N) is 3. The molecular weight excluding hydrogens is 179 g/mol. The van der Waals surface area contributed by atoms with Crippen molar-refractivity contribution >= 4 is 17.2 Å². The van der Waals surface area contributed by atoms with Crippen LogP contribution in [-0.4, -0.2) is 26.3 Å². The first-order valence-electron chi connectivity index (χ1n) is 3.59. The maximum absolute atomic E-state index is 12.1. The fraction of sp³-hybridized carbons (Fsp3) is 0.500. The van der Waals surface area contributed by atoms with Crippen molar-refractivity contribution in [2.24, 2.45) is 0 Å². The zero-order valence-electron chi connectivity index (χ0n) is 6.25. The van der Waals surface area contributed by atoms with Gasteiger partial charge < -0.3 is 5.32 Å². The van der Waals surface area contributed by atoms with E-state index in [0.29, 0.717) is 17.4 Å². The van der Waals surface area contributed by atoms with Crippen LogP contribution in [0.15, 0.2) is 0 Å². The summed E-state index contributed by atoms with van der Waals surface area (Å²) >= 11 is 4.96. The molecule has 0 fully saturated rings. The topological polar surface area (TPSA) is 42.7 Å². The van der Waals surface area contributed by atoms with Crippen LogP contribution in [0, 0.1) is 0 Å². The molecule has 0 aliphatic carbocycles. The first kappa shape index (κ1) is 7.60. The summed E-state index contributed by atoms with van der Waals surface area (Å²) in [4.78, 5) is 4.47. The van der Waals surface area contributed by atoms with Crippen LogP contribution in [0.4, 0.5) is 4.39 Å². The van der Waals surface area contributed by atoms with Gasteiger partial charge in [-0.15, -0.1) is 0 Å². The van der Waals surface area contributed by atoms with Crippen molar-refractivity contribution in [1.82, 2.24) is 20.1 Å². The highest BCUT2D eigenvalue weighted by Gasteiger charge is 2.17. The van der Waals surface area contributed by atoms with Gasteiger partial charge in [0.05, 0.1) is 6.54 Å². The number of hydrogen-bond donors (Lipinski definition) is 1. The minimum atomic E-state index is -0.636. The quantitative estimate of drug-likeness (QED) is 0.628. The Balaban J connectivity index is 2.43. The van der Waals surface area contributed by atoms with E-state index in [1.807, 2.05) is 0 Å². The zero-order chi connectivity index (χ0) is 8.55. The monoisotopic (exact) mass is 186 g/mol.